The SMILES string of the molecule is O=C(O)CNC1=NCCOCCN1. The van der Waals surface area contributed by atoms with Gasteiger partial charge in [0, 0.05) is 6.54 Å². The van der Waals surface area contributed by atoms with Crippen molar-refractivity contribution in [2.24, 2.45) is 4.99 Å². The predicted molar refractivity (Wildman–Crippen MR) is 46.8 cm³/mol. The molecule has 0 saturated carbocycles. The average molecular weight is 187 g/mol. The van der Waals surface area contributed by atoms with Crippen LogP contribution in [0.2, 0.25) is 0 Å². The summed E-state index contributed by atoms with van der Waals surface area (Å²) in [5.74, 6) is -0.367. The van der Waals surface area contributed by atoms with Crippen LogP contribution in [0.15, 0.2) is 4.99 Å². The molecule has 13 heavy (non-hydrogen) atoms. The van der Waals surface area contributed by atoms with Crippen LogP contribution >= 0.6 is 0 Å². The van der Waals surface area contributed by atoms with Crippen molar-refractivity contribution < 1.29 is 14.6 Å². The zero-order valence-corrected chi connectivity index (χ0v) is 7.25. The first-order valence-corrected chi connectivity index (χ1v) is 4.11. The molecule has 0 aromatic rings. The fourth-order valence-electron chi connectivity index (χ4n) is 0.899. The van der Waals surface area contributed by atoms with Gasteiger partial charge in [-0.25, -0.2) is 0 Å². The molecule has 1 heterocycles. The Kier molecular flexibility index (Phi) is 4.04. The van der Waals surface area contributed by atoms with Crippen molar-refractivity contribution in [1.82, 2.24) is 10.6 Å². The Morgan fingerprint density at radius 2 is 2.54 bits per heavy atom. The molecule has 6 nitrogen and oxygen atoms in total. The number of ether oxygens (including phenoxy) is 1. The van der Waals surface area contributed by atoms with Gasteiger partial charge in [-0.15, -0.1) is 0 Å². The highest BCUT2D eigenvalue weighted by molar-refractivity contribution is 5.83. The molecule has 0 fully saturated rings. The minimum absolute atomic E-state index is 0.118. The standard InChI is InChI=1S/C7H13N3O3/c11-6(12)5-10-7-8-1-3-13-4-2-9-7/h1-5H2,(H,11,12)(H2,8,9,10). The second kappa shape index (κ2) is 5.36. The van der Waals surface area contributed by atoms with Crippen molar-refractivity contribution in [3.05, 3.63) is 0 Å². The summed E-state index contributed by atoms with van der Waals surface area (Å²) in [5.41, 5.74) is 0. The molecular formula is C7H13N3O3. The number of nitrogens with zero attached hydrogens (tertiary/aromatic N) is 1. The van der Waals surface area contributed by atoms with Crippen LogP contribution in [0.25, 0.3) is 0 Å². The topological polar surface area (TPSA) is 83.0 Å². The van der Waals surface area contributed by atoms with E-state index < -0.39 is 5.97 Å². The van der Waals surface area contributed by atoms with Gasteiger partial charge in [0.25, 0.3) is 0 Å². The van der Waals surface area contributed by atoms with E-state index in [0.717, 1.165) is 0 Å². The van der Waals surface area contributed by atoms with Crippen LogP contribution in [0.5, 0.6) is 0 Å². The number of carbonyl (C=O) groups is 1. The highest BCUT2D eigenvalue weighted by atomic mass is 16.5. The average Bonchev–Trinajstić information content (AvgIpc) is 2.01. The highest BCUT2D eigenvalue weighted by Crippen LogP contribution is 1.82. The lowest BCUT2D eigenvalue weighted by atomic mass is 10.6. The Bertz CT molecular complexity index is 205. The van der Waals surface area contributed by atoms with Gasteiger partial charge in [-0.05, 0) is 0 Å². The summed E-state index contributed by atoms with van der Waals surface area (Å²) < 4.78 is 5.13. The molecule has 1 aliphatic rings. The Balaban J connectivity index is 2.31. The first kappa shape index (κ1) is 9.79. The van der Waals surface area contributed by atoms with Gasteiger partial charge in [-0.3, -0.25) is 9.79 Å². The molecule has 0 aromatic carbocycles. The fraction of sp³-hybridized carbons (Fsp3) is 0.714. The van der Waals surface area contributed by atoms with Gasteiger partial charge < -0.3 is 20.5 Å². The van der Waals surface area contributed by atoms with E-state index in [4.69, 9.17) is 9.84 Å². The summed E-state index contributed by atoms with van der Waals surface area (Å²) in [5, 5.41) is 14.0. The molecule has 0 atom stereocenters. The van der Waals surface area contributed by atoms with E-state index in [1.807, 2.05) is 0 Å². The van der Waals surface area contributed by atoms with Crippen LogP contribution in [0.4, 0.5) is 0 Å². The molecule has 0 radical (unpaired) electrons. The number of aliphatic carboxylic acids is 1. The Hall–Kier alpha value is -1.30. The predicted octanol–water partition coefficient (Wildman–Crippen LogP) is -1.36. The molecule has 0 aromatic heterocycles. The molecular weight excluding hydrogens is 174 g/mol. The molecule has 0 spiro atoms. The molecule has 1 rings (SSSR count). The third-order valence-electron chi connectivity index (χ3n) is 1.45. The molecule has 0 unspecified atom stereocenters. The lowest BCUT2D eigenvalue weighted by Gasteiger charge is -2.13. The van der Waals surface area contributed by atoms with Crippen molar-refractivity contribution in [1.29, 1.82) is 0 Å². The zero-order valence-electron chi connectivity index (χ0n) is 7.25. The summed E-state index contributed by atoms with van der Waals surface area (Å²) in [6.45, 7) is 2.28. The quantitative estimate of drug-likeness (QED) is 0.497. The van der Waals surface area contributed by atoms with E-state index in [-0.39, 0.29) is 6.54 Å². The molecule has 3 N–H and O–H groups in total. The Morgan fingerprint density at radius 1 is 1.69 bits per heavy atom. The molecule has 0 aliphatic carbocycles. The number of aliphatic imine (C=N–C) groups is 1. The molecule has 1 aliphatic heterocycles. The van der Waals surface area contributed by atoms with Crippen LogP contribution in [-0.2, 0) is 9.53 Å². The van der Waals surface area contributed by atoms with Gasteiger partial charge in [0.05, 0.1) is 19.8 Å². The number of rotatable bonds is 2. The third kappa shape index (κ3) is 4.32. The van der Waals surface area contributed by atoms with E-state index in [1.165, 1.54) is 0 Å². The van der Waals surface area contributed by atoms with E-state index in [9.17, 15) is 4.79 Å². The summed E-state index contributed by atoms with van der Waals surface area (Å²) in [4.78, 5) is 14.3. The highest BCUT2D eigenvalue weighted by Gasteiger charge is 2.02. The lowest BCUT2D eigenvalue weighted by Crippen LogP contribution is -2.42. The number of nitrogens with one attached hydrogen (secondary N) is 2. The minimum Gasteiger partial charge on any atom is -0.480 e. The van der Waals surface area contributed by atoms with Gasteiger partial charge in [-0.2, -0.15) is 0 Å². The van der Waals surface area contributed by atoms with Crippen molar-refractivity contribution in [2.45, 2.75) is 0 Å². The van der Waals surface area contributed by atoms with Crippen LogP contribution in [0.1, 0.15) is 0 Å². The normalized spacial score (nSPS) is 17.7. The minimum atomic E-state index is -0.900. The smallest absolute Gasteiger partial charge is 0.322 e. The first-order chi connectivity index (χ1) is 6.29. The second-order valence-electron chi connectivity index (χ2n) is 2.52. The zero-order chi connectivity index (χ0) is 9.52. The van der Waals surface area contributed by atoms with E-state index in [2.05, 4.69) is 15.6 Å². The molecule has 0 bridgehead atoms. The number of carboxylic acid groups (broad SMARTS) is 1. The molecule has 74 valence electrons. The third-order valence-corrected chi connectivity index (χ3v) is 1.45. The maximum atomic E-state index is 10.2. The number of hydrogen-bond donors (Lipinski definition) is 3. The van der Waals surface area contributed by atoms with Gasteiger partial charge in [0.1, 0.15) is 6.54 Å². The van der Waals surface area contributed by atoms with Crippen molar-refractivity contribution in [3.63, 3.8) is 0 Å². The van der Waals surface area contributed by atoms with E-state index in [0.29, 0.717) is 32.3 Å². The lowest BCUT2D eigenvalue weighted by molar-refractivity contribution is -0.135. The fourth-order valence-corrected chi connectivity index (χ4v) is 0.899. The van der Waals surface area contributed by atoms with Crippen molar-refractivity contribution in [2.75, 3.05) is 32.8 Å². The van der Waals surface area contributed by atoms with Crippen LogP contribution < -0.4 is 10.6 Å². The monoisotopic (exact) mass is 187 g/mol. The number of guanidine groups is 1. The Labute approximate surface area is 76.0 Å². The maximum absolute atomic E-state index is 10.2. The largest absolute Gasteiger partial charge is 0.480 e. The van der Waals surface area contributed by atoms with Crippen LogP contribution in [-0.4, -0.2) is 49.9 Å². The first-order valence-electron chi connectivity index (χ1n) is 4.11. The van der Waals surface area contributed by atoms with E-state index in [1.54, 1.807) is 0 Å². The summed E-state index contributed by atoms with van der Waals surface area (Å²) >= 11 is 0. The number of hydrogen-bond acceptors (Lipinski definition) is 5. The summed E-state index contributed by atoms with van der Waals surface area (Å²) in [6, 6.07) is 0. The maximum Gasteiger partial charge on any atom is 0.322 e. The van der Waals surface area contributed by atoms with Gasteiger partial charge in [0.2, 0.25) is 0 Å². The Morgan fingerprint density at radius 3 is 3.31 bits per heavy atom. The van der Waals surface area contributed by atoms with Crippen molar-refractivity contribution >= 4 is 11.9 Å². The summed E-state index contributed by atoms with van der Waals surface area (Å²) in [7, 11) is 0. The molecule has 6 heteroatoms. The molecule has 0 amide bonds. The van der Waals surface area contributed by atoms with Crippen LogP contribution in [0.3, 0.4) is 0 Å². The summed E-state index contributed by atoms with van der Waals surface area (Å²) in [6.07, 6.45) is 0. The van der Waals surface area contributed by atoms with Gasteiger partial charge in [-0.1, -0.05) is 0 Å². The van der Waals surface area contributed by atoms with Crippen LogP contribution in [0, 0.1) is 0 Å². The van der Waals surface area contributed by atoms with Gasteiger partial charge >= 0.3 is 5.97 Å². The van der Waals surface area contributed by atoms with Crippen molar-refractivity contribution in [3.8, 4) is 0 Å². The van der Waals surface area contributed by atoms with E-state index >= 15 is 0 Å². The van der Waals surface area contributed by atoms with Gasteiger partial charge in [0.15, 0.2) is 5.96 Å². The molecule has 0 saturated heterocycles. The number of carboxylic acids is 1. The second-order valence-corrected chi connectivity index (χ2v) is 2.52.